The van der Waals surface area contributed by atoms with Crippen molar-refractivity contribution in [3.05, 3.63) is 6.20 Å². The molecule has 6 heteroatoms. The van der Waals surface area contributed by atoms with Crippen LogP contribution in [0, 0.1) is 0 Å². The van der Waals surface area contributed by atoms with Crippen molar-refractivity contribution in [3.8, 4) is 0 Å². The first-order valence-corrected chi connectivity index (χ1v) is 7.28. The first kappa shape index (κ1) is 13.1. The van der Waals surface area contributed by atoms with Gasteiger partial charge in [-0.2, -0.15) is 4.98 Å². The number of fused-ring (bicyclic) bond motifs is 1. The Morgan fingerprint density at radius 3 is 2.80 bits per heavy atom. The number of anilines is 3. The molecule has 1 amide bonds. The van der Waals surface area contributed by atoms with E-state index in [0.717, 1.165) is 18.1 Å². The maximum atomic E-state index is 12.1. The number of hydrogen-bond acceptors (Lipinski definition) is 5. The molecular formula is C14H21N5O. The van der Waals surface area contributed by atoms with Gasteiger partial charge < -0.3 is 15.1 Å². The summed E-state index contributed by atoms with van der Waals surface area (Å²) in [7, 11) is 3.62. The van der Waals surface area contributed by atoms with Crippen molar-refractivity contribution >= 4 is 23.4 Å². The van der Waals surface area contributed by atoms with E-state index in [4.69, 9.17) is 0 Å². The van der Waals surface area contributed by atoms with Crippen molar-refractivity contribution in [2.45, 2.75) is 38.1 Å². The molecule has 0 unspecified atom stereocenters. The molecular weight excluding hydrogens is 254 g/mol. The Bertz CT molecular complexity index is 512. The minimum Gasteiger partial charge on any atom is -0.357 e. The van der Waals surface area contributed by atoms with Gasteiger partial charge in [0.15, 0.2) is 5.82 Å². The largest absolute Gasteiger partial charge is 0.357 e. The maximum absolute atomic E-state index is 12.1. The molecule has 20 heavy (non-hydrogen) atoms. The van der Waals surface area contributed by atoms with Gasteiger partial charge in [0.2, 0.25) is 11.9 Å². The normalized spacial score (nSPS) is 20.0. The maximum Gasteiger partial charge on any atom is 0.228 e. The highest BCUT2D eigenvalue weighted by Gasteiger charge is 2.31. The number of rotatable bonds is 2. The lowest BCUT2D eigenvalue weighted by molar-refractivity contribution is -0.118. The van der Waals surface area contributed by atoms with E-state index in [1.54, 1.807) is 11.1 Å². The van der Waals surface area contributed by atoms with Crippen molar-refractivity contribution in [2.75, 3.05) is 35.8 Å². The van der Waals surface area contributed by atoms with Crippen molar-refractivity contribution in [3.63, 3.8) is 0 Å². The molecule has 1 aliphatic carbocycles. The van der Waals surface area contributed by atoms with Gasteiger partial charge in [0, 0.05) is 33.1 Å². The predicted octanol–water partition coefficient (Wildman–Crippen LogP) is 1.63. The first-order chi connectivity index (χ1) is 9.70. The lowest BCUT2D eigenvalue weighted by Crippen LogP contribution is -2.34. The van der Waals surface area contributed by atoms with E-state index in [2.05, 4.69) is 20.2 Å². The first-order valence-electron chi connectivity index (χ1n) is 7.28. The number of nitrogens with one attached hydrogen (secondary N) is 1. The third-order valence-corrected chi connectivity index (χ3v) is 4.31. The Hall–Kier alpha value is -1.85. The Kier molecular flexibility index (Phi) is 3.46. The van der Waals surface area contributed by atoms with Gasteiger partial charge in [-0.15, -0.1) is 0 Å². The topological polar surface area (TPSA) is 61.4 Å². The molecule has 108 valence electrons. The highest BCUT2D eigenvalue weighted by atomic mass is 16.2. The number of aromatic nitrogens is 2. The Morgan fingerprint density at radius 2 is 2.10 bits per heavy atom. The fourth-order valence-electron chi connectivity index (χ4n) is 3.13. The molecule has 1 N–H and O–H groups in total. The van der Waals surface area contributed by atoms with Crippen LogP contribution in [0.4, 0.5) is 17.5 Å². The van der Waals surface area contributed by atoms with E-state index in [-0.39, 0.29) is 5.91 Å². The van der Waals surface area contributed by atoms with Crippen LogP contribution in [0.15, 0.2) is 6.20 Å². The quantitative estimate of drug-likeness (QED) is 0.889. The fraction of sp³-hybridized carbons (Fsp3) is 0.643. The molecule has 0 radical (unpaired) electrons. The zero-order valence-electron chi connectivity index (χ0n) is 12.1. The molecule has 0 saturated heterocycles. The summed E-state index contributed by atoms with van der Waals surface area (Å²) in [6, 6.07) is 0.507. The van der Waals surface area contributed by atoms with Gasteiger partial charge in [-0.25, -0.2) is 4.98 Å². The summed E-state index contributed by atoms with van der Waals surface area (Å²) in [5.74, 6) is 1.63. The van der Waals surface area contributed by atoms with E-state index >= 15 is 0 Å². The van der Waals surface area contributed by atoms with Crippen LogP contribution >= 0.6 is 0 Å². The Labute approximate surface area is 119 Å². The zero-order valence-corrected chi connectivity index (χ0v) is 12.1. The Morgan fingerprint density at radius 1 is 1.35 bits per heavy atom. The van der Waals surface area contributed by atoms with Gasteiger partial charge in [0.05, 0.1) is 6.20 Å². The van der Waals surface area contributed by atoms with Crippen LogP contribution in [0.5, 0.6) is 0 Å². The van der Waals surface area contributed by atoms with E-state index in [1.807, 2.05) is 14.1 Å². The van der Waals surface area contributed by atoms with Crippen molar-refractivity contribution in [1.29, 1.82) is 0 Å². The summed E-state index contributed by atoms with van der Waals surface area (Å²) in [5, 5.41) is 2.98. The predicted molar refractivity (Wildman–Crippen MR) is 79.2 cm³/mol. The second-order valence-electron chi connectivity index (χ2n) is 5.49. The van der Waals surface area contributed by atoms with Crippen molar-refractivity contribution in [1.82, 2.24) is 9.97 Å². The fourth-order valence-corrected chi connectivity index (χ4v) is 3.13. The van der Waals surface area contributed by atoms with Gasteiger partial charge in [-0.3, -0.25) is 4.79 Å². The zero-order chi connectivity index (χ0) is 14.1. The van der Waals surface area contributed by atoms with Gasteiger partial charge in [0.1, 0.15) is 5.69 Å². The van der Waals surface area contributed by atoms with Gasteiger partial charge >= 0.3 is 0 Å². The highest BCUT2D eigenvalue weighted by molar-refractivity contribution is 5.97. The van der Waals surface area contributed by atoms with Crippen LogP contribution in [-0.4, -0.2) is 42.6 Å². The van der Waals surface area contributed by atoms with Crippen LogP contribution in [0.25, 0.3) is 0 Å². The second kappa shape index (κ2) is 5.26. The summed E-state index contributed by atoms with van der Waals surface area (Å²) in [6.07, 6.45) is 7.21. The standard InChI is InChI=1S/C14H21N5O/c1-15-14-16-9-11-13(17-14)19(10-5-3-4-6-10)8-7-12(20)18(11)2/h9-10H,3-8H2,1-2H3,(H,15,16,17). The van der Waals surface area contributed by atoms with Gasteiger partial charge in [-0.05, 0) is 12.8 Å². The van der Waals surface area contributed by atoms with Crippen LogP contribution < -0.4 is 15.1 Å². The van der Waals surface area contributed by atoms with Crippen LogP contribution in [-0.2, 0) is 4.79 Å². The van der Waals surface area contributed by atoms with Crippen molar-refractivity contribution in [2.24, 2.45) is 0 Å². The molecule has 1 aromatic heterocycles. The van der Waals surface area contributed by atoms with E-state index in [9.17, 15) is 4.79 Å². The smallest absolute Gasteiger partial charge is 0.228 e. The number of carbonyl (C=O) groups is 1. The van der Waals surface area contributed by atoms with Crippen LogP contribution in [0.3, 0.4) is 0 Å². The summed E-state index contributed by atoms with van der Waals surface area (Å²) in [4.78, 5) is 25.0. The SMILES string of the molecule is CNc1ncc2c(n1)N(C1CCCC1)CCC(=O)N2C. The second-order valence-corrected chi connectivity index (χ2v) is 5.49. The summed E-state index contributed by atoms with van der Waals surface area (Å²) in [6.45, 7) is 0.751. The third kappa shape index (κ3) is 2.19. The monoisotopic (exact) mass is 275 g/mol. The van der Waals surface area contributed by atoms with E-state index in [0.29, 0.717) is 18.4 Å². The number of hydrogen-bond donors (Lipinski definition) is 1. The highest BCUT2D eigenvalue weighted by Crippen LogP contribution is 2.35. The lowest BCUT2D eigenvalue weighted by atomic mass is 10.2. The average molecular weight is 275 g/mol. The Balaban J connectivity index is 2.04. The molecule has 6 nitrogen and oxygen atoms in total. The summed E-state index contributed by atoms with van der Waals surface area (Å²) in [5.41, 5.74) is 0.818. The molecule has 2 heterocycles. The molecule has 0 atom stereocenters. The van der Waals surface area contributed by atoms with Gasteiger partial charge in [-0.1, -0.05) is 12.8 Å². The number of carbonyl (C=O) groups excluding carboxylic acids is 1. The van der Waals surface area contributed by atoms with E-state index in [1.165, 1.54) is 25.7 Å². The van der Waals surface area contributed by atoms with E-state index < -0.39 is 0 Å². The molecule has 2 aliphatic rings. The molecule has 1 saturated carbocycles. The number of amides is 1. The third-order valence-electron chi connectivity index (χ3n) is 4.31. The van der Waals surface area contributed by atoms with Crippen molar-refractivity contribution < 1.29 is 4.79 Å². The summed E-state index contributed by atoms with van der Waals surface area (Å²) < 4.78 is 0. The lowest BCUT2D eigenvalue weighted by Gasteiger charge is -2.29. The molecule has 3 rings (SSSR count). The minimum atomic E-state index is 0.132. The van der Waals surface area contributed by atoms with Gasteiger partial charge in [0.25, 0.3) is 0 Å². The van der Waals surface area contributed by atoms with Crippen LogP contribution in [0.1, 0.15) is 32.1 Å². The number of nitrogens with zero attached hydrogens (tertiary/aromatic N) is 4. The molecule has 1 fully saturated rings. The van der Waals surface area contributed by atoms with Crippen LogP contribution in [0.2, 0.25) is 0 Å². The molecule has 0 spiro atoms. The average Bonchev–Trinajstić information content (AvgIpc) is 2.96. The molecule has 0 aromatic carbocycles. The molecule has 1 aliphatic heterocycles. The summed E-state index contributed by atoms with van der Waals surface area (Å²) >= 11 is 0. The minimum absolute atomic E-state index is 0.132. The molecule has 1 aromatic rings. The molecule has 0 bridgehead atoms.